The van der Waals surface area contributed by atoms with Crippen LogP contribution in [0.15, 0.2) is 60.7 Å². The fourth-order valence-corrected chi connectivity index (χ4v) is 6.86. The van der Waals surface area contributed by atoms with Gasteiger partial charge in [0.1, 0.15) is 5.82 Å². The van der Waals surface area contributed by atoms with Crippen molar-refractivity contribution in [1.29, 1.82) is 0 Å². The van der Waals surface area contributed by atoms with Gasteiger partial charge in [-0.2, -0.15) is 0 Å². The maximum atomic E-state index is 11.6. The molecule has 1 aliphatic carbocycles. The Balaban J connectivity index is 1.06. The first-order valence-corrected chi connectivity index (χ1v) is 15.4. The predicted octanol–water partition coefficient (Wildman–Crippen LogP) is 6.52. The third kappa shape index (κ3) is 5.61. The van der Waals surface area contributed by atoms with Crippen LogP contribution in [0.25, 0.3) is 16.6 Å². The van der Waals surface area contributed by atoms with E-state index in [4.69, 9.17) is 26.3 Å². The predicted molar refractivity (Wildman–Crippen MR) is 164 cm³/mol. The van der Waals surface area contributed by atoms with Gasteiger partial charge in [0.25, 0.3) is 0 Å². The number of halogens is 1. The Hall–Kier alpha value is -3.52. The first-order chi connectivity index (χ1) is 20.5. The van der Waals surface area contributed by atoms with E-state index < -0.39 is 5.97 Å². The molecule has 0 amide bonds. The van der Waals surface area contributed by atoms with E-state index in [2.05, 4.69) is 45.9 Å². The maximum absolute atomic E-state index is 11.6. The van der Waals surface area contributed by atoms with Gasteiger partial charge < -0.3 is 14.4 Å². The summed E-state index contributed by atoms with van der Waals surface area (Å²) in [6.07, 6.45) is 8.84. The van der Waals surface area contributed by atoms with Crippen LogP contribution >= 0.6 is 11.6 Å². The molecule has 7 nitrogen and oxygen atoms in total. The molecule has 4 heterocycles. The largest absolute Gasteiger partial charge is 0.478 e. The van der Waals surface area contributed by atoms with Crippen LogP contribution < -0.4 is 0 Å². The first kappa shape index (κ1) is 27.3. The molecular weight excluding hydrogens is 548 g/mol. The number of nitrogens with zero attached hydrogens (tertiary/aromatic N) is 4. The zero-order valence-corrected chi connectivity index (χ0v) is 24.4. The molecule has 8 heteroatoms. The fourth-order valence-electron chi connectivity index (χ4n) is 6.67. The average molecular weight is 583 g/mol. The lowest BCUT2D eigenvalue weighted by molar-refractivity contribution is -0.0591. The van der Waals surface area contributed by atoms with E-state index in [1.807, 2.05) is 12.1 Å². The fraction of sp³-hybridized carbons (Fsp3) is 0.382. The van der Waals surface area contributed by atoms with Crippen LogP contribution in [0.2, 0.25) is 5.02 Å². The van der Waals surface area contributed by atoms with Crippen LogP contribution in [0, 0.1) is 0 Å². The molecule has 2 atom stereocenters. The number of pyridine rings is 1. The number of ether oxygens (including phenoxy) is 1. The molecule has 3 aliphatic rings. The number of rotatable bonds is 8. The van der Waals surface area contributed by atoms with Crippen molar-refractivity contribution < 1.29 is 14.6 Å². The summed E-state index contributed by atoms with van der Waals surface area (Å²) in [5.41, 5.74) is 8.31. The molecule has 1 unspecified atom stereocenters. The van der Waals surface area contributed by atoms with Gasteiger partial charge >= 0.3 is 5.97 Å². The number of carbonyl (C=O) groups is 1. The van der Waals surface area contributed by atoms with E-state index in [-0.39, 0.29) is 11.7 Å². The molecule has 1 fully saturated rings. The average Bonchev–Trinajstić information content (AvgIpc) is 3.31. The van der Waals surface area contributed by atoms with Gasteiger partial charge in [-0.15, -0.1) is 0 Å². The molecule has 4 aromatic rings. The van der Waals surface area contributed by atoms with Crippen molar-refractivity contribution in [1.82, 2.24) is 19.4 Å². The summed E-state index contributed by atoms with van der Waals surface area (Å²) >= 11 is 6.27. The van der Waals surface area contributed by atoms with Crippen LogP contribution in [-0.4, -0.2) is 56.3 Å². The summed E-state index contributed by atoms with van der Waals surface area (Å²) in [5, 5.41) is 10.4. The highest BCUT2D eigenvalue weighted by Gasteiger charge is 2.25. The minimum atomic E-state index is -0.925. The Labute approximate surface area is 250 Å². The Morgan fingerprint density at radius 3 is 2.76 bits per heavy atom. The molecule has 2 aromatic carbocycles. The Kier molecular flexibility index (Phi) is 7.57. The molecule has 0 spiro atoms. The molecule has 1 N–H and O–H groups in total. The van der Waals surface area contributed by atoms with E-state index >= 15 is 0 Å². The van der Waals surface area contributed by atoms with Gasteiger partial charge in [0, 0.05) is 30.4 Å². The van der Waals surface area contributed by atoms with Gasteiger partial charge in [-0.1, -0.05) is 29.8 Å². The van der Waals surface area contributed by atoms with Crippen LogP contribution in [-0.2, 0) is 30.7 Å². The summed E-state index contributed by atoms with van der Waals surface area (Å²) < 4.78 is 7.88. The SMILES string of the molecule is O=C(O)c1ccc2nc(CN3CC=C(c4cccc(CC5CCCc6cc(Cl)ccc65)n4)CC3)n(C[C@@H]3CCO3)c2c1. The monoisotopic (exact) mass is 582 g/mol. The van der Waals surface area contributed by atoms with E-state index in [0.717, 1.165) is 78.6 Å². The smallest absolute Gasteiger partial charge is 0.335 e. The van der Waals surface area contributed by atoms with E-state index in [1.165, 1.54) is 29.5 Å². The van der Waals surface area contributed by atoms with Crippen molar-refractivity contribution >= 4 is 34.2 Å². The zero-order valence-electron chi connectivity index (χ0n) is 23.6. The van der Waals surface area contributed by atoms with Gasteiger partial charge in [0.05, 0.1) is 41.5 Å². The molecule has 2 aromatic heterocycles. The summed E-state index contributed by atoms with van der Waals surface area (Å²) in [6.45, 7) is 3.91. The number of aryl methyl sites for hydroxylation is 1. The van der Waals surface area contributed by atoms with Crippen molar-refractivity contribution in [3.63, 3.8) is 0 Å². The molecule has 0 radical (unpaired) electrons. The zero-order chi connectivity index (χ0) is 28.6. The van der Waals surface area contributed by atoms with Gasteiger partial charge in [0.15, 0.2) is 0 Å². The minimum Gasteiger partial charge on any atom is -0.478 e. The number of carboxylic acid groups (broad SMARTS) is 1. The summed E-state index contributed by atoms with van der Waals surface area (Å²) in [6, 6.07) is 18.0. The Morgan fingerprint density at radius 2 is 1.98 bits per heavy atom. The van der Waals surface area contributed by atoms with Crippen molar-refractivity contribution in [2.45, 2.75) is 63.6 Å². The highest BCUT2D eigenvalue weighted by Crippen LogP contribution is 2.35. The first-order valence-electron chi connectivity index (χ1n) is 15.0. The lowest BCUT2D eigenvalue weighted by Gasteiger charge is -2.29. The number of carboxylic acids is 1. The normalized spacial score (nSPS) is 20.6. The molecule has 2 aliphatic heterocycles. The third-order valence-corrected chi connectivity index (χ3v) is 9.28. The quantitative estimate of drug-likeness (QED) is 0.255. The topological polar surface area (TPSA) is 80.5 Å². The van der Waals surface area contributed by atoms with Crippen LogP contribution in [0.5, 0.6) is 0 Å². The van der Waals surface area contributed by atoms with Crippen LogP contribution in [0.3, 0.4) is 0 Å². The Morgan fingerprint density at radius 1 is 1.07 bits per heavy atom. The van der Waals surface area contributed by atoms with Gasteiger partial charge in [-0.25, -0.2) is 9.78 Å². The van der Waals surface area contributed by atoms with Gasteiger partial charge in [-0.3, -0.25) is 9.88 Å². The number of hydrogen-bond donors (Lipinski definition) is 1. The summed E-state index contributed by atoms with van der Waals surface area (Å²) in [4.78, 5) is 24.0. The van der Waals surface area contributed by atoms with Crippen LogP contribution in [0.4, 0.5) is 0 Å². The van der Waals surface area contributed by atoms with Crippen molar-refractivity contribution in [3.8, 4) is 0 Å². The summed E-state index contributed by atoms with van der Waals surface area (Å²) in [5.74, 6) is 0.515. The number of aromatic carboxylic acids is 1. The molecular formula is C34H35ClN4O3. The minimum absolute atomic E-state index is 0.153. The number of aromatic nitrogens is 3. The number of benzene rings is 2. The molecule has 7 rings (SSSR count). The van der Waals surface area contributed by atoms with E-state index in [9.17, 15) is 9.90 Å². The second-order valence-corrected chi connectivity index (χ2v) is 12.2. The standard InChI is InChI=1S/C34H35ClN4O3/c35-26-8-9-29-23(17-26)3-1-4-24(29)18-27-5-2-6-30(36-27)22-11-14-38(15-12-22)21-33-37-31-10-7-25(34(40)41)19-32(31)39(33)20-28-13-16-42-28/h2,5-11,17,19,24,28H,1,3-4,12-16,18,20-21H2,(H,40,41)/t24?,28-/m0/s1. The highest BCUT2D eigenvalue weighted by atomic mass is 35.5. The lowest BCUT2D eigenvalue weighted by atomic mass is 9.80. The highest BCUT2D eigenvalue weighted by molar-refractivity contribution is 6.30. The van der Waals surface area contributed by atoms with Gasteiger partial charge in [0.2, 0.25) is 0 Å². The Bertz CT molecular complexity index is 1670. The molecule has 42 heavy (non-hydrogen) atoms. The lowest BCUT2D eigenvalue weighted by Crippen LogP contribution is -2.33. The van der Waals surface area contributed by atoms with Gasteiger partial charge in [-0.05, 0) is 104 Å². The second kappa shape index (κ2) is 11.6. The number of hydrogen-bond acceptors (Lipinski definition) is 5. The molecule has 0 saturated carbocycles. The number of fused-ring (bicyclic) bond motifs is 2. The second-order valence-electron chi connectivity index (χ2n) is 11.8. The molecule has 0 bridgehead atoms. The maximum Gasteiger partial charge on any atom is 0.335 e. The molecule has 1 saturated heterocycles. The number of imidazole rings is 1. The summed E-state index contributed by atoms with van der Waals surface area (Å²) in [7, 11) is 0. The van der Waals surface area contributed by atoms with E-state index in [0.29, 0.717) is 19.0 Å². The van der Waals surface area contributed by atoms with E-state index in [1.54, 1.807) is 12.1 Å². The van der Waals surface area contributed by atoms with Crippen molar-refractivity contribution in [2.24, 2.45) is 0 Å². The van der Waals surface area contributed by atoms with Crippen LogP contribution in [0.1, 0.15) is 70.3 Å². The van der Waals surface area contributed by atoms with Crippen molar-refractivity contribution in [3.05, 3.63) is 99.6 Å². The third-order valence-electron chi connectivity index (χ3n) is 9.05. The molecule has 216 valence electrons. The van der Waals surface area contributed by atoms with Crippen molar-refractivity contribution in [2.75, 3.05) is 19.7 Å².